The van der Waals surface area contributed by atoms with Crippen LogP contribution in [0.15, 0.2) is 72.8 Å². The second-order valence-corrected chi connectivity index (χ2v) is 10.5. The molecule has 1 spiro atoms. The molecule has 7 nitrogen and oxygen atoms in total. The van der Waals surface area contributed by atoms with Crippen molar-refractivity contribution in [3.8, 4) is 0 Å². The van der Waals surface area contributed by atoms with Gasteiger partial charge in [-0.15, -0.1) is 0 Å². The minimum atomic E-state index is -1.54. The first kappa shape index (κ1) is 24.1. The number of anilines is 1. The second kappa shape index (κ2) is 8.96. The Labute approximate surface area is 223 Å². The molecule has 5 atom stereocenters. The molecule has 3 amide bonds. The van der Waals surface area contributed by atoms with Gasteiger partial charge in [0.25, 0.3) is 0 Å². The summed E-state index contributed by atoms with van der Waals surface area (Å²) in [5.74, 6) is -3.31. The van der Waals surface area contributed by atoms with Crippen molar-refractivity contribution in [1.82, 2.24) is 10.2 Å². The van der Waals surface area contributed by atoms with Crippen LogP contribution in [0.2, 0.25) is 10.0 Å². The smallest absolute Gasteiger partial charge is 0.250 e. The predicted octanol–water partition coefficient (Wildman–Crippen LogP) is 3.69. The minimum Gasteiger partial charge on any atom is -0.387 e. The average molecular weight is 536 g/mol. The lowest BCUT2D eigenvalue weighted by atomic mass is 9.76. The molecule has 9 heteroatoms. The van der Waals surface area contributed by atoms with E-state index in [9.17, 15) is 19.5 Å². The summed E-state index contributed by atoms with van der Waals surface area (Å²) in [7, 11) is 0. The monoisotopic (exact) mass is 535 g/mol. The summed E-state index contributed by atoms with van der Waals surface area (Å²) in [5.41, 5.74) is 0.866. The Morgan fingerprint density at radius 1 is 0.919 bits per heavy atom. The van der Waals surface area contributed by atoms with E-state index in [1.807, 2.05) is 30.3 Å². The van der Waals surface area contributed by atoms with Crippen molar-refractivity contribution in [3.63, 3.8) is 0 Å². The van der Waals surface area contributed by atoms with Gasteiger partial charge in [-0.1, -0.05) is 77.8 Å². The number of nitrogens with zero attached hydrogens (tertiary/aromatic N) is 1. The molecule has 0 saturated carbocycles. The Bertz CT molecular complexity index is 1410. The highest BCUT2D eigenvalue weighted by molar-refractivity contribution is 6.35. The molecular formula is C28H23Cl2N3O4. The van der Waals surface area contributed by atoms with Crippen molar-refractivity contribution in [1.29, 1.82) is 0 Å². The number of hydrogen-bond acceptors (Lipinski definition) is 5. The van der Waals surface area contributed by atoms with Gasteiger partial charge in [0.2, 0.25) is 17.7 Å². The second-order valence-electron chi connectivity index (χ2n) is 9.66. The zero-order valence-corrected chi connectivity index (χ0v) is 21.0. The first-order valence-corrected chi connectivity index (χ1v) is 12.8. The van der Waals surface area contributed by atoms with Crippen molar-refractivity contribution in [2.75, 3.05) is 11.9 Å². The maximum atomic E-state index is 13.9. The van der Waals surface area contributed by atoms with Crippen LogP contribution in [-0.4, -0.2) is 40.3 Å². The van der Waals surface area contributed by atoms with Crippen LogP contribution in [-0.2, 0) is 26.3 Å². The van der Waals surface area contributed by atoms with Gasteiger partial charge in [-0.2, -0.15) is 0 Å². The molecule has 37 heavy (non-hydrogen) atoms. The quantitative estimate of drug-likeness (QED) is 0.433. The van der Waals surface area contributed by atoms with Crippen molar-refractivity contribution >= 4 is 46.6 Å². The number of amides is 3. The van der Waals surface area contributed by atoms with Crippen molar-refractivity contribution in [2.45, 2.75) is 24.1 Å². The number of imide groups is 1. The zero-order chi connectivity index (χ0) is 25.9. The lowest BCUT2D eigenvalue weighted by molar-refractivity contribution is -0.143. The molecule has 0 radical (unpaired) electrons. The van der Waals surface area contributed by atoms with E-state index in [0.717, 1.165) is 5.56 Å². The van der Waals surface area contributed by atoms with Crippen LogP contribution in [0.3, 0.4) is 0 Å². The maximum absolute atomic E-state index is 13.9. The van der Waals surface area contributed by atoms with Crippen LogP contribution < -0.4 is 10.6 Å². The Morgan fingerprint density at radius 2 is 1.65 bits per heavy atom. The van der Waals surface area contributed by atoms with Crippen LogP contribution in [0.5, 0.6) is 0 Å². The van der Waals surface area contributed by atoms with E-state index < -0.39 is 47.2 Å². The number of rotatable bonds is 5. The van der Waals surface area contributed by atoms with Crippen LogP contribution in [0, 0.1) is 11.8 Å². The van der Waals surface area contributed by atoms with Gasteiger partial charge < -0.3 is 10.4 Å². The van der Waals surface area contributed by atoms with Crippen LogP contribution in [0.4, 0.5) is 5.69 Å². The molecule has 0 unspecified atom stereocenters. The van der Waals surface area contributed by atoms with Crippen LogP contribution >= 0.6 is 23.2 Å². The first-order valence-electron chi connectivity index (χ1n) is 12.0. The van der Waals surface area contributed by atoms with Gasteiger partial charge in [-0.25, -0.2) is 0 Å². The molecule has 3 aliphatic heterocycles. The van der Waals surface area contributed by atoms with E-state index in [1.165, 1.54) is 4.90 Å². The third-order valence-electron chi connectivity index (χ3n) is 7.74. The standard InChI is InChI=1S/C28H23Cl2N3O4/c29-17-11-9-16(10-12-17)24(34)23-20-21(26(36)33(25(20)35)14-13-15-5-2-1-3-6-15)28(32-23)18-7-4-8-19(30)22(18)31-27(28)37/h1-12,20-21,23-24,32,34H,13-14H2,(H,31,37)/t20-,21+,23+,24-,28-/m1/s1. The fourth-order valence-electron chi connectivity index (χ4n) is 6.03. The van der Waals surface area contributed by atoms with Crippen LogP contribution in [0.1, 0.15) is 22.8 Å². The summed E-state index contributed by atoms with van der Waals surface area (Å²) in [6, 6.07) is 20.4. The summed E-state index contributed by atoms with van der Waals surface area (Å²) < 4.78 is 0. The number of carbonyl (C=O) groups excluding carboxylic acids is 3. The number of fused-ring (bicyclic) bond motifs is 4. The number of aliphatic hydroxyl groups excluding tert-OH is 1. The number of benzene rings is 3. The van der Waals surface area contributed by atoms with Crippen molar-refractivity contribution in [3.05, 3.63) is 99.5 Å². The Kier molecular flexibility index (Phi) is 5.84. The summed E-state index contributed by atoms with van der Waals surface area (Å²) in [4.78, 5) is 42.6. The molecule has 6 rings (SSSR count). The number of hydrogen-bond donors (Lipinski definition) is 3. The minimum absolute atomic E-state index is 0.179. The van der Waals surface area contributed by atoms with E-state index >= 15 is 0 Å². The van der Waals surface area contributed by atoms with Gasteiger partial charge >= 0.3 is 0 Å². The number of likely N-dealkylation sites (tertiary alicyclic amines) is 1. The number of halogens is 2. The molecule has 3 N–H and O–H groups in total. The highest BCUT2D eigenvalue weighted by atomic mass is 35.5. The number of nitrogens with one attached hydrogen (secondary N) is 2. The largest absolute Gasteiger partial charge is 0.387 e. The summed E-state index contributed by atoms with van der Waals surface area (Å²) in [5, 5.41) is 18.3. The summed E-state index contributed by atoms with van der Waals surface area (Å²) >= 11 is 12.4. The molecule has 3 aromatic rings. The van der Waals surface area contributed by atoms with E-state index in [2.05, 4.69) is 10.6 Å². The third-order valence-corrected chi connectivity index (χ3v) is 8.31. The Balaban J connectivity index is 1.43. The molecule has 2 fully saturated rings. The SMILES string of the molecule is O=C1[C@H]2[C@@H]([C@H](O)c3ccc(Cl)cc3)N[C@@]3(C(=O)Nc4c(Cl)cccc43)[C@@H]2C(=O)N1CCc1ccccc1. The fourth-order valence-corrected chi connectivity index (χ4v) is 6.37. The third kappa shape index (κ3) is 3.61. The fraction of sp³-hybridized carbons (Fsp3) is 0.250. The van der Waals surface area contributed by atoms with Crippen LogP contribution in [0.25, 0.3) is 0 Å². The van der Waals surface area contributed by atoms with E-state index in [4.69, 9.17) is 23.2 Å². The Hall–Kier alpha value is -3.23. The van der Waals surface area contributed by atoms with Gasteiger partial charge in [0, 0.05) is 17.1 Å². The highest BCUT2D eigenvalue weighted by Crippen LogP contribution is 2.55. The number of aliphatic hydroxyl groups is 1. The molecule has 3 aliphatic rings. The first-order chi connectivity index (χ1) is 17.8. The lowest BCUT2D eigenvalue weighted by Gasteiger charge is -2.30. The highest BCUT2D eigenvalue weighted by Gasteiger charge is 2.71. The topological polar surface area (TPSA) is 98.7 Å². The van der Waals surface area contributed by atoms with Crippen molar-refractivity contribution in [2.24, 2.45) is 11.8 Å². The van der Waals surface area contributed by atoms with Gasteiger partial charge in [0.15, 0.2) is 0 Å². The Morgan fingerprint density at radius 3 is 2.38 bits per heavy atom. The summed E-state index contributed by atoms with van der Waals surface area (Å²) in [6.45, 7) is 0.179. The van der Waals surface area contributed by atoms with E-state index in [1.54, 1.807) is 42.5 Å². The van der Waals surface area contributed by atoms with Gasteiger partial charge in [-0.05, 0) is 35.7 Å². The molecular weight excluding hydrogens is 513 g/mol. The normalized spacial score (nSPS) is 26.9. The lowest BCUT2D eigenvalue weighted by Crippen LogP contribution is -2.54. The number of para-hydroxylation sites is 1. The predicted molar refractivity (Wildman–Crippen MR) is 139 cm³/mol. The molecule has 0 aromatic heterocycles. The molecule has 188 valence electrons. The molecule has 3 aromatic carbocycles. The van der Waals surface area contributed by atoms with Gasteiger partial charge in [0.05, 0.1) is 34.7 Å². The van der Waals surface area contributed by atoms with E-state index in [-0.39, 0.29) is 6.54 Å². The molecule has 0 bridgehead atoms. The summed E-state index contributed by atoms with van der Waals surface area (Å²) in [6.07, 6.45) is -0.692. The van der Waals surface area contributed by atoms with E-state index in [0.29, 0.717) is 33.3 Å². The van der Waals surface area contributed by atoms with Gasteiger partial charge in [-0.3, -0.25) is 24.6 Å². The molecule has 3 heterocycles. The maximum Gasteiger partial charge on any atom is 0.250 e. The number of carbonyl (C=O) groups is 3. The van der Waals surface area contributed by atoms with Crippen molar-refractivity contribution < 1.29 is 19.5 Å². The zero-order valence-electron chi connectivity index (χ0n) is 19.5. The average Bonchev–Trinajstić information content (AvgIpc) is 3.49. The van der Waals surface area contributed by atoms with Gasteiger partial charge in [0.1, 0.15) is 5.54 Å². The molecule has 2 saturated heterocycles. The molecule has 0 aliphatic carbocycles.